The lowest BCUT2D eigenvalue weighted by molar-refractivity contribution is -0.117. The lowest BCUT2D eigenvalue weighted by Gasteiger charge is -2.09. The van der Waals surface area contributed by atoms with Gasteiger partial charge in [0.25, 0.3) is 11.8 Å². The minimum atomic E-state index is -0.535. The molecular weight excluding hydrogens is 400 g/mol. The maximum absolute atomic E-state index is 12.3. The molecule has 0 unspecified atom stereocenters. The van der Waals surface area contributed by atoms with Gasteiger partial charge in [0, 0.05) is 13.2 Å². The standard InChI is InChI=1S/C19H19BrN2O4/c20-17-11-10-16(26-17)19(25)22-15(18(24)21-12-5-13-23)9-4-8-14-6-2-1-3-7-14/h1-4,6-11,23H,5,12-13H2,(H,21,24)(H,22,25)/b8-4-,15-9+. The molecule has 2 rings (SSSR count). The number of hydrogen-bond acceptors (Lipinski definition) is 4. The number of amides is 2. The van der Waals surface area contributed by atoms with Crippen molar-refractivity contribution in [3.8, 4) is 0 Å². The average Bonchev–Trinajstić information content (AvgIpc) is 3.08. The molecule has 26 heavy (non-hydrogen) atoms. The molecule has 0 saturated carbocycles. The zero-order valence-electron chi connectivity index (χ0n) is 13.9. The molecule has 0 saturated heterocycles. The van der Waals surface area contributed by atoms with Crippen LogP contribution in [0.5, 0.6) is 0 Å². The van der Waals surface area contributed by atoms with Gasteiger partial charge in [-0.25, -0.2) is 0 Å². The van der Waals surface area contributed by atoms with E-state index >= 15 is 0 Å². The summed E-state index contributed by atoms with van der Waals surface area (Å²) >= 11 is 3.13. The van der Waals surface area contributed by atoms with Crippen LogP contribution < -0.4 is 10.6 Å². The van der Waals surface area contributed by atoms with E-state index in [9.17, 15) is 9.59 Å². The van der Waals surface area contributed by atoms with E-state index in [0.717, 1.165) is 5.56 Å². The molecule has 0 atom stereocenters. The molecule has 0 aliphatic rings. The largest absolute Gasteiger partial charge is 0.444 e. The number of nitrogens with one attached hydrogen (secondary N) is 2. The Kier molecular flexibility index (Phi) is 7.85. The molecule has 7 heteroatoms. The Morgan fingerprint density at radius 1 is 1.15 bits per heavy atom. The van der Waals surface area contributed by atoms with Gasteiger partial charge in [0.05, 0.1) is 0 Å². The van der Waals surface area contributed by atoms with Crippen LogP contribution in [0.15, 0.2) is 69.4 Å². The quantitative estimate of drug-likeness (QED) is 0.349. The third kappa shape index (κ3) is 6.34. The predicted molar refractivity (Wildman–Crippen MR) is 102 cm³/mol. The van der Waals surface area contributed by atoms with Gasteiger partial charge >= 0.3 is 0 Å². The highest BCUT2D eigenvalue weighted by molar-refractivity contribution is 9.10. The fourth-order valence-corrected chi connectivity index (χ4v) is 2.30. The summed E-state index contributed by atoms with van der Waals surface area (Å²) in [5.74, 6) is -0.902. The van der Waals surface area contributed by atoms with Gasteiger partial charge in [0.15, 0.2) is 10.4 Å². The van der Waals surface area contributed by atoms with Crippen molar-refractivity contribution in [3.63, 3.8) is 0 Å². The monoisotopic (exact) mass is 418 g/mol. The van der Waals surface area contributed by atoms with E-state index in [1.165, 1.54) is 12.1 Å². The maximum Gasteiger partial charge on any atom is 0.291 e. The van der Waals surface area contributed by atoms with Gasteiger partial charge in [-0.15, -0.1) is 0 Å². The molecule has 6 nitrogen and oxygen atoms in total. The molecule has 2 amide bonds. The number of benzene rings is 1. The maximum atomic E-state index is 12.3. The smallest absolute Gasteiger partial charge is 0.291 e. The summed E-state index contributed by atoms with van der Waals surface area (Å²) in [5, 5.41) is 14.0. The van der Waals surface area contributed by atoms with E-state index in [4.69, 9.17) is 9.52 Å². The summed E-state index contributed by atoms with van der Waals surface area (Å²) in [6.45, 7) is 0.275. The molecule has 0 spiro atoms. The van der Waals surface area contributed by atoms with Crippen LogP contribution in [0.2, 0.25) is 0 Å². The molecule has 3 N–H and O–H groups in total. The van der Waals surface area contributed by atoms with Crippen molar-refractivity contribution < 1.29 is 19.1 Å². The Bertz CT molecular complexity index is 797. The third-order valence-corrected chi connectivity index (χ3v) is 3.69. The highest BCUT2D eigenvalue weighted by Gasteiger charge is 2.16. The molecule has 136 valence electrons. The number of carbonyl (C=O) groups excluding carboxylic acids is 2. The van der Waals surface area contributed by atoms with E-state index in [1.54, 1.807) is 12.1 Å². The predicted octanol–water partition coefficient (Wildman–Crippen LogP) is 2.87. The van der Waals surface area contributed by atoms with Crippen molar-refractivity contribution in [2.45, 2.75) is 6.42 Å². The Hall–Kier alpha value is -2.64. The highest BCUT2D eigenvalue weighted by Crippen LogP contribution is 2.14. The zero-order chi connectivity index (χ0) is 18.8. The number of aliphatic hydroxyl groups is 1. The summed E-state index contributed by atoms with van der Waals surface area (Å²) in [4.78, 5) is 24.5. The summed E-state index contributed by atoms with van der Waals surface area (Å²) in [5.41, 5.74) is 1.04. The van der Waals surface area contributed by atoms with Crippen molar-refractivity contribution in [1.29, 1.82) is 0 Å². The first-order valence-electron chi connectivity index (χ1n) is 7.99. The molecule has 2 aromatic rings. The van der Waals surface area contributed by atoms with Crippen molar-refractivity contribution >= 4 is 33.8 Å². The molecule has 0 bridgehead atoms. The van der Waals surface area contributed by atoms with E-state index in [-0.39, 0.29) is 18.1 Å². The van der Waals surface area contributed by atoms with Crippen LogP contribution >= 0.6 is 15.9 Å². The van der Waals surface area contributed by atoms with Crippen LogP contribution in [-0.2, 0) is 4.79 Å². The molecule has 1 heterocycles. The van der Waals surface area contributed by atoms with Gasteiger partial charge in [-0.1, -0.05) is 42.5 Å². The number of hydrogen-bond donors (Lipinski definition) is 3. The lowest BCUT2D eigenvalue weighted by Crippen LogP contribution is -2.35. The minimum absolute atomic E-state index is 0.0278. The Labute approximate surface area is 159 Å². The normalized spacial score (nSPS) is 11.5. The van der Waals surface area contributed by atoms with Crippen LogP contribution in [-0.4, -0.2) is 30.1 Å². The van der Waals surface area contributed by atoms with Crippen molar-refractivity contribution in [1.82, 2.24) is 10.6 Å². The van der Waals surface area contributed by atoms with E-state index in [1.807, 2.05) is 36.4 Å². The van der Waals surface area contributed by atoms with Crippen LogP contribution in [0.3, 0.4) is 0 Å². The minimum Gasteiger partial charge on any atom is -0.444 e. The van der Waals surface area contributed by atoms with Crippen LogP contribution in [0.4, 0.5) is 0 Å². The van der Waals surface area contributed by atoms with E-state index in [2.05, 4.69) is 26.6 Å². The first-order valence-corrected chi connectivity index (χ1v) is 8.78. The fourth-order valence-electron chi connectivity index (χ4n) is 1.99. The Morgan fingerprint density at radius 2 is 1.92 bits per heavy atom. The summed E-state index contributed by atoms with van der Waals surface area (Å²) < 4.78 is 5.61. The van der Waals surface area contributed by atoms with E-state index < -0.39 is 11.8 Å². The van der Waals surface area contributed by atoms with Gasteiger partial charge in [-0.3, -0.25) is 9.59 Å². The molecule has 0 aliphatic carbocycles. The second kappa shape index (κ2) is 10.4. The average molecular weight is 419 g/mol. The lowest BCUT2D eigenvalue weighted by atomic mass is 10.2. The number of rotatable bonds is 8. The first kappa shape index (κ1) is 19.7. The molecule has 1 aromatic heterocycles. The number of allylic oxidation sites excluding steroid dienone is 2. The molecule has 0 radical (unpaired) electrons. The molecular formula is C19H19BrN2O4. The van der Waals surface area contributed by atoms with Gasteiger partial charge in [0.1, 0.15) is 5.70 Å². The SMILES string of the molecule is O=C(NCCCO)/C(=C\C=C/c1ccccc1)NC(=O)c1ccc(Br)o1. The summed E-state index contributed by atoms with van der Waals surface area (Å²) in [6.07, 6.45) is 5.43. The molecule has 1 aromatic carbocycles. The van der Waals surface area contributed by atoms with Gasteiger partial charge < -0.3 is 20.2 Å². The second-order valence-corrected chi connectivity index (χ2v) is 6.02. The molecule has 0 aliphatic heterocycles. The van der Waals surface area contributed by atoms with Crippen molar-refractivity contribution in [2.75, 3.05) is 13.2 Å². The van der Waals surface area contributed by atoms with Gasteiger partial charge in [0.2, 0.25) is 0 Å². The topological polar surface area (TPSA) is 91.6 Å². The summed E-state index contributed by atoms with van der Waals surface area (Å²) in [7, 11) is 0. The second-order valence-electron chi connectivity index (χ2n) is 5.24. The highest BCUT2D eigenvalue weighted by atomic mass is 79.9. The number of furan rings is 1. The van der Waals surface area contributed by atoms with Crippen LogP contribution in [0.25, 0.3) is 6.08 Å². The first-order chi connectivity index (χ1) is 12.6. The van der Waals surface area contributed by atoms with Gasteiger partial charge in [-0.2, -0.15) is 0 Å². The van der Waals surface area contributed by atoms with Gasteiger partial charge in [-0.05, 0) is 46.1 Å². The fraction of sp³-hybridized carbons (Fsp3) is 0.158. The third-order valence-electron chi connectivity index (χ3n) is 3.26. The van der Waals surface area contributed by atoms with Crippen LogP contribution in [0.1, 0.15) is 22.5 Å². The Balaban J connectivity index is 2.12. The van der Waals surface area contributed by atoms with E-state index in [0.29, 0.717) is 17.6 Å². The van der Waals surface area contributed by atoms with Crippen molar-refractivity contribution in [2.24, 2.45) is 0 Å². The number of aliphatic hydroxyl groups excluding tert-OH is 1. The zero-order valence-corrected chi connectivity index (χ0v) is 15.5. The van der Waals surface area contributed by atoms with Crippen LogP contribution in [0, 0.1) is 0 Å². The Morgan fingerprint density at radius 3 is 2.58 bits per heavy atom. The molecule has 0 fully saturated rings. The number of halogens is 1. The van der Waals surface area contributed by atoms with Crippen molar-refractivity contribution in [3.05, 3.63) is 76.3 Å². The number of carbonyl (C=O) groups is 2. The summed E-state index contributed by atoms with van der Waals surface area (Å²) in [6, 6.07) is 12.7.